The molecule has 3 rings (SSSR count). The fourth-order valence-electron chi connectivity index (χ4n) is 2.59. The molecule has 0 aliphatic heterocycles. The van der Waals surface area contributed by atoms with Gasteiger partial charge in [0.05, 0.1) is 16.0 Å². The number of nitro benzene ring substituents is 1. The van der Waals surface area contributed by atoms with Crippen molar-refractivity contribution in [2.24, 2.45) is 0 Å². The number of aromatic nitrogens is 2. The summed E-state index contributed by atoms with van der Waals surface area (Å²) in [7, 11) is 0. The van der Waals surface area contributed by atoms with Gasteiger partial charge in [0.2, 0.25) is 11.7 Å². The van der Waals surface area contributed by atoms with Gasteiger partial charge in [0.1, 0.15) is 6.10 Å². The van der Waals surface area contributed by atoms with E-state index in [9.17, 15) is 29.6 Å². The number of carbonyl (C=O) groups excluding carboxylic acids is 2. The zero-order chi connectivity index (χ0) is 20.4. The maximum Gasteiger partial charge on any atom is 0.278 e. The molecule has 0 aliphatic carbocycles. The predicted octanol–water partition coefficient (Wildman–Crippen LogP) is 1.71. The van der Waals surface area contributed by atoms with Gasteiger partial charge >= 0.3 is 0 Å². The van der Waals surface area contributed by atoms with Crippen LogP contribution >= 0.6 is 0 Å². The highest BCUT2D eigenvalue weighted by atomic mass is 16.6. The number of benzene rings is 2. The Bertz CT molecular complexity index is 1150. The third-order valence-corrected chi connectivity index (χ3v) is 3.92. The van der Waals surface area contributed by atoms with Crippen molar-refractivity contribution >= 4 is 34.1 Å². The standard InChI is InChI=1S/C18H14N4O6/c1-9(23)19-11-4-2-10(3-5-11)16(24)17(25)15-18(26)21-14-8-12(22(27)28)6-7-13(14)20-15/h2-8,16,24H,1H3,(H,19,23)(H,21,26)/t16-/m0/s1. The molecule has 0 aliphatic rings. The molecule has 0 saturated carbocycles. The molecule has 142 valence electrons. The number of fused-ring (bicyclic) bond motifs is 1. The number of hydrogen-bond acceptors (Lipinski definition) is 7. The van der Waals surface area contributed by atoms with Crippen LogP contribution in [0, 0.1) is 10.1 Å². The number of aliphatic hydroxyl groups is 1. The largest absolute Gasteiger partial charge is 0.380 e. The third-order valence-electron chi connectivity index (χ3n) is 3.92. The lowest BCUT2D eigenvalue weighted by molar-refractivity contribution is -0.384. The van der Waals surface area contributed by atoms with Crippen LogP contribution < -0.4 is 10.9 Å². The molecule has 10 heteroatoms. The topological polar surface area (TPSA) is 155 Å². The number of carbonyl (C=O) groups is 2. The Kier molecular flexibility index (Phi) is 4.96. The van der Waals surface area contributed by atoms with E-state index in [1.165, 1.54) is 43.3 Å². The molecule has 0 saturated heterocycles. The Labute approximate surface area is 157 Å². The van der Waals surface area contributed by atoms with Gasteiger partial charge in [-0.1, -0.05) is 12.1 Å². The van der Waals surface area contributed by atoms with E-state index < -0.39 is 28.1 Å². The Balaban J connectivity index is 1.92. The molecule has 3 N–H and O–H groups in total. The van der Waals surface area contributed by atoms with Crippen LogP contribution in [-0.4, -0.2) is 31.7 Å². The van der Waals surface area contributed by atoms with Gasteiger partial charge in [0, 0.05) is 24.7 Å². The Morgan fingerprint density at radius 1 is 1.21 bits per heavy atom. The van der Waals surface area contributed by atoms with Crippen LogP contribution in [0.1, 0.15) is 29.1 Å². The number of hydrogen-bond donors (Lipinski definition) is 3. The van der Waals surface area contributed by atoms with Crippen LogP contribution in [-0.2, 0) is 4.79 Å². The minimum atomic E-state index is -1.64. The first kappa shape index (κ1) is 18.9. The molecule has 0 fully saturated rings. The SMILES string of the molecule is CC(=O)Nc1ccc([C@H](O)C(=O)c2nc3ccc([N+](=O)[O-])cc3[nH]c2=O)cc1. The summed E-state index contributed by atoms with van der Waals surface area (Å²) < 4.78 is 0. The second-order valence-corrected chi connectivity index (χ2v) is 5.94. The summed E-state index contributed by atoms with van der Waals surface area (Å²) in [6, 6.07) is 9.51. The normalized spacial score (nSPS) is 11.8. The van der Waals surface area contributed by atoms with Crippen molar-refractivity contribution in [3.05, 3.63) is 74.2 Å². The number of Topliss-reactive ketones (excluding diaryl/α,β-unsaturated/α-hetero) is 1. The van der Waals surface area contributed by atoms with Gasteiger partial charge in [-0.05, 0) is 23.8 Å². The average Bonchev–Trinajstić information content (AvgIpc) is 2.66. The maximum atomic E-state index is 12.5. The number of nitro groups is 1. The first-order valence-electron chi connectivity index (χ1n) is 8.04. The predicted molar refractivity (Wildman–Crippen MR) is 99.1 cm³/mol. The smallest absolute Gasteiger partial charge is 0.278 e. The van der Waals surface area contributed by atoms with Crippen molar-refractivity contribution in [1.29, 1.82) is 0 Å². The van der Waals surface area contributed by atoms with Crippen LogP contribution in [0.15, 0.2) is 47.3 Å². The van der Waals surface area contributed by atoms with E-state index in [2.05, 4.69) is 15.3 Å². The fourth-order valence-corrected chi connectivity index (χ4v) is 2.59. The monoisotopic (exact) mass is 382 g/mol. The van der Waals surface area contributed by atoms with E-state index in [0.717, 1.165) is 6.07 Å². The maximum absolute atomic E-state index is 12.5. The van der Waals surface area contributed by atoms with Crippen molar-refractivity contribution in [3.8, 4) is 0 Å². The molecule has 3 aromatic rings. The summed E-state index contributed by atoms with van der Waals surface area (Å²) in [4.78, 5) is 52.3. The molecule has 0 unspecified atom stereocenters. The van der Waals surface area contributed by atoms with Gasteiger partial charge in [-0.25, -0.2) is 4.98 Å². The van der Waals surface area contributed by atoms with Gasteiger partial charge < -0.3 is 15.4 Å². The first-order chi connectivity index (χ1) is 13.3. The summed E-state index contributed by atoms with van der Waals surface area (Å²) in [6.07, 6.45) is -1.64. The van der Waals surface area contributed by atoms with Gasteiger partial charge in [0.25, 0.3) is 11.2 Å². The van der Waals surface area contributed by atoms with E-state index in [4.69, 9.17) is 0 Å². The van der Waals surface area contributed by atoms with Crippen LogP contribution in [0.4, 0.5) is 11.4 Å². The van der Waals surface area contributed by atoms with Crippen molar-refractivity contribution in [1.82, 2.24) is 9.97 Å². The number of nitrogens with zero attached hydrogens (tertiary/aromatic N) is 2. The van der Waals surface area contributed by atoms with Gasteiger partial charge in [-0.3, -0.25) is 24.5 Å². The second-order valence-electron chi connectivity index (χ2n) is 5.94. The van der Waals surface area contributed by atoms with E-state index in [1.807, 2.05) is 0 Å². The molecule has 1 aromatic heterocycles. The van der Waals surface area contributed by atoms with Gasteiger partial charge in [-0.15, -0.1) is 0 Å². The molecule has 10 nitrogen and oxygen atoms in total. The Hall–Kier alpha value is -3.92. The van der Waals surface area contributed by atoms with E-state index in [-0.39, 0.29) is 28.2 Å². The molecule has 0 radical (unpaired) electrons. The summed E-state index contributed by atoms with van der Waals surface area (Å²) in [5.41, 5.74) is -0.648. The number of aliphatic hydroxyl groups excluding tert-OH is 1. The minimum Gasteiger partial charge on any atom is -0.380 e. The minimum absolute atomic E-state index is 0.102. The van der Waals surface area contributed by atoms with E-state index >= 15 is 0 Å². The lowest BCUT2D eigenvalue weighted by Crippen LogP contribution is -2.24. The average molecular weight is 382 g/mol. The lowest BCUT2D eigenvalue weighted by Gasteiger charge is -2.10. The summed E-state index contributed by atoms with van der Waals surface area (Å²) in [5, 5.41) is 23.7. The van der Waals surface area contributed by atoms with Crippen molar-refractivity contribution in [2.45, 2.75) is 13.0 Å². The highest BCUT2D eigenvalue weighted by molar-refractivity contribution is 5.99. The van der Waals surface area contributed by atoms with Gasteiger partial charge in [-0.2, -0.15) is 0 Å². The number of anilines is 1. The van der Waals surface area contributed by atoms with Crippen molar-refractivity contribution in [2.75, 3.05) is 5.32 Å². The number of rotatable bonds is 5. The van der Waals surface area contributed by atoms with E-state index in [0.29, 0.717) is 5.69 Å². The first-order valence-corrected chi connectivity index (χ1v) is 8.04. The lowest BCUT2D eigenvalue weighted by atomic mass is 10.0. The number of amides is 1. The molecule has 0 spiro atoms. The number of aromatic amines is 1. The molecule has 2 aromatic carbocycles. The number of non-ortho nitro benzene ring substituents is 1. The van der Waals surface area contributed by atoms with Crippen LogP contribution in [0.25, 0.3) is 11.0 Å². The molecule has 1 atom stereocenters. The van der Waals surface area contributed by atoms with Gasteiger partial charge in [0.15, 0.2) is 5.69 Å². The van der Waals surface area contributed by atoms with Crippen LogP contribution in [0.3, 0.4) is 0 Å². The zero-order valence-corrected chi connectivity index (χ0v) is 14.5. The molecule has 1 amide bonds. The highest BCUT2D eigenvalue weighted by Gasteiger charge is 2.24. The van der Waals surface area contributed by atoms with Crippen molar-refractivity contribution in [3.63, 3.8) is 0 Å². The second kappa shape index (κ2) is 7.37. The summed E-state index contributed by atoms with van der Waals surface area (Å²) in [5.74, 6) is -1.19. The zero-order valence-electron chi connectivity index (χ0n) is 14.5. The Morgan fingerprint density at radius 2 is 1.89 bits per heavy atom. The number of H-pyrrole nitrogens is 1. The fraction of sp³-hybridized carbons (Fsp3) is 0.111. The van der Waals surface area contributed by atoms with Crippen LogP contribution in [0.2, 0.25) is 0 Å². The Morgan fingerprint density at radius 3 is 2.50 bits per heavy atom. The van der Waals surface area contributed by atoms with E-state index in [1.54, 1.807) is 0 Å². The summed E-state index contributed by atoms with van der Waals surface area (Å²) >= 11 is 0. The molecule has 1 heterocycles. The highest BCUT2D eigenvalue weighted by Crippen LogP contribution is 2.21. The molecular weight excluding hydrogens is 368 g/mol. The molecule has 0 bridgehead atoms. The quantitative estimate of drug-likeness (QED) is 0.344. The number of ketones is 1. The molecular formula is C18H14N4O6. The number of nitrogens with one attached hydrogen (secondary N) is 2. The molecule has 28 heavy (non-hydrogen) atoms. The third kappa shape index (κ3) is 3.76. The van der Waals surface area contributed by atoms with Crippen molar-refractivity contribution < 1.29 is 19.6 Å². The van der Waals surface area contributed by atoms with Crippen LogP contribution in [0.5, 0.6) is 0 Å². The summed E-state index contributed by atoms with van der Waals surface area (Å²) in [6.45, 7) is 1.35.